The summed E-state index contributed by atoms with van der Waals surface area (Å²) in [4.78, 5) is 18.7. The van der Waals surface area contributed by atoms with Gasteiger partial charge in [-0.2, -0.15) is 0 Å². The van der Waals surface area contributed by atoms with Gasteiger partial charge in [0.15, 0.2) is 0 Å². The predicted octanol–water partition coefficient (Wildman–Crippen LogP) is 4.96. The maximum absolute atomic E-state index is 11.4. The zero-order valence-electron chi connectivity index (χ0n) is 16.5. The van der Waals surface area contributed by atoms with Crippen molar-refractivity contribution < 1.29 is 14.3 Å². The van der Waals surface area contributed by atoms with Crippen LogP contribution in [0.1, 0.15) is 47.6 Å². The van der Waals surface area contributed by atoms with Crippen LogP contribution >= 0.6 is 11.3 Å². The number of nitrogens with one attached hydrogen (secondary N) is 1. The van der Waals surface area contributed by atoms with E-state index in [9.17, 15) is 9.90 Å². The second kappa shape index (κ2) is 8.39. The van der Waals surface area contributed by atoms with Crippen LogP contribution in [0.4, 0.5) is 0 Å². The number of oxazole rings is 1. The Kier molecular flexibility index (Phi) is 5.69. The molecule has 2 N–H and O–H groups in total. The number of hydrogen-bond acceptors (Lipinski definition) is 6. The van der Waals surface area contributed by atoms with Crippen molar-refractivity contribution in [1.29, 1.82) is 0 Å². The van der Waals surface area contributed by atoms with Crippen LogP contribution in [0.5, 0.6) is 5.88 Å². The van der Waals surface area contributed by atoms with E-state index in [1.54, 1.807) is 0 Å². The third-order valence-electron chi connectivity index (χ3n) is 5.15. The second-order valence-corrected chi connectivity index (χ2v) is 8.46. The molecule has 0 aliphatic heterocycles. The topological polar surface area (TPSA) is 88.3 Å². The Morgan fingerprint density at radius 2 is 2.14 bits per heavy atom. The fourth-order valence-electron chi connectivity index (χ4n) is 3.52. The zero-order chi connectivity index (χ0) is 20.4. The standard InChI is InChI=1S/C22H24N2O4S/c1-13-6-8-16(9-7-13)21-23-18(14(2)28-21)12-27-17-5-3-4-15(10-17)11-19-20(25)24-22(26)29-19/h6-9,11,17,25H,3-5,10,12H2,1-2H3,(H,24,26). The number of thiazole rings is 1. The highest BCUT2D eigenvalue weighted by atomic mass is 32.1. The predicted molar refractivity (Wildman–Crippen MR) is 113 cm³/mol. The molecule has 7 heteroatoms. The molecule has 1 fully saturated rings. The van der Waals surface area contributed by atoms with E-state index in [1.807, 2.05) is 37.3 Å². The van der Waals surface area contributed by atoms with E-state index in [4.69, 9.17) is 9.15 Å². The summed E-state index contributed by atoms with van der Waals surface area (Å²) in [5, 5.41) is 9.78. The third kappa shape index (κ3) is 4.68. The first-order valence-electron chi connectivity index (χ1n) is 9.74. The SMILES string of the molecule is Cc1ccc(-c2nc(COC3CCCC(=Cc4sc(=O)[nH]c4O)C3)c(C)o2)cc1. The van der Waals surface area contributed by atoms with Crippen molar-refractivity contribution in [3.8, 4) is 17.3 Å². The number of ether oxygens (including phenoxy) is 1. The molecule has 0 spiro atoms. The summed E-state index contributed by atoms with van der Waals surface area (Å²) in [7, 11) is 0. The third-order valence-corrected chi connectivity index (χ3v) is 5.97. The zero-order valence-corrected chi connectivity index (χ0v) is 17.3. The van der Waals surface area contributed by atoms with Crippen molar-refractivity contribution >= 4 is 17.4 Å². The average Bonchev–Trinajstić information content (AvgIpc) is 3.22. The lowest BCUT2D eigenvalue weighted by atomic mass is 9.92. The quantitative estimate of drug-likeness (QED) is 0.618. The first kappa shape index (κ1) is 19.7. The van der Waals surface area contributed by atoms with Gasteiger partial charge in [0.25, 0.3) is 0 Å². The number of benzene rings is 1. The fourth-order valence-corrected chi connectivity index (χ4v) is 4.24. The van der Waals surface area contributed by atoms with Gasteiger partial charge < -0.3 is 14.3 Å². The summed E-state index contributed by atoms with van der Waals surface area (Å²) in [5.41, 5.74) is 4.15. The number of nitrogens with zero attached hydrogens (tertiary/aromatic N) is 1. The highest BCUT2D eigenvalue weighted by molar-refractivity contribution is 7.10. The molecule has 1 aliphatic rings. The van der Waals surface area contributed by atoms with E-state index in [0.29, 0.717) is 17.4 Å². The van der Waals surface area contributed by atoms with Gasteiger partial charge in [-0.15, -0.1) is 0 Å². The van der Waals surface area contributed by atoms with E-state index in [0.717, 1.165) is 54.0 Å². The van der Waals surface area contributed by atoms with Gasteiger partial charge in [-0.05, 0) is 57.7 Å². The Hall–Kier alpha value is -2.64. The van der Waals surface area contributed by atoms with Crippen molar-refractivity contribution in [2.75, 3.05) is 0 Å². The van der Waals surface area contributed by atoms with Crippen molar-refractivity contribution in [2.45, 2.75) is 52.2 Å². The van der Waals surface area contributed by atoms with Crippen LogP contribution in [0, 0.1) is 13.8 Å². The van der Waals surface area contributed by atoms with E-state index in [1.165, 1.54) is 11.1 Å². The minimum Gasteiger partial charge on any atom is -0.493 e. The van der Waals surface area contributed by atoms with Gasteiger partial charge in [0, 0.05) is 5.56 Å². The molecule has 152 valence electrons. The normalized spacial score (nSPS) is 18.4. The first-order valence-corrected chi connectivity index (χ1v) is 10.6. The summed E-state index contributed by atoms with van der Waals surface area (Å²) >= 11 is 1.02. The highest BCUT2D eigenvalue weighted by Crippen LogP contribution is 2.31. The maximum Gasteiger partial charge on any atom is 0.307 e. The molecule has 1 saturated carbocycles. The van der Waals surface area contributed by atoms with Crippen molar-refractivity contribution in [3.63, 3.8) is 0 Å². The molecule has 0 bridgehead atoms. The van der Waals surface area contributed by atoms with Crippen LogP contribution in [0.3, 0.4) is 0 Å². The van der Waals surface area contributed by atoms with E-state index < -0.39 is 0 Å². The summed E-state index contributed by atoms with van der Waals surface area (Å²) in [5.74, 6) is 1.33. The summed E-state index contributed by atoms with van der Waals surface area (Å²) in [6.45, 7) is 4.36. The summed E-state index contributed by atoms with van der Waals surface area (Å²) in [6, 6.07) is 8.10. The van der Waals surface area contributed by atoms with Gasteiger partial charge in [-0.1, -0.05) is 34.6 Å². The monoisotopic (exact) mass is 412 g/mol. The lowest BCUT2D eigenvalue weighted by molar-refractivity contribution is 0.0256. The minimum atomic E-state index is -0.246. The number of aromatic hydroxyl groups is 1. The lowest BCUT2D eigenvalue weighted by Crippen LogP contribution is -2.18. The van der Waals surface area contributed by atoms with Gasteiger partial charge >= 0.3 is 4.87 Å². The van der Waals surface area contributed by atoms with Crippen LogP contribution in [0.15, 0.2) is 39.1 Å². The average molecular weight is 413 g/mol. The van der Waals surface area contributed by atoms with Gasteiger partial charge in [-0.25, -0.2) is 4.98 Å². The molecule has 0 radical (unpaired) electrons. The molecule has 0 saturated heterocycles. The highest BCUT2D eigenvalue weighted by Gasteiger charge is 2.20. The molecule has 0 amide bonds. The van der Waals surface area contributed by atoms with Crippen molar-refractivity contribution in [3.05, 3.63) is 61.4 Å². The van der Waals surface area contributed by atoms with Gasteiger partial charge in [0.1, 0.15) is 11.5 Å². The molecular formula is C22H24N2O4S. The minimum absolute atomic E-state index is 0.0580. The fraction of sp³-hybridized carbons (Fsp3) is 0.364. The van der Waals surface area contributed by atoms with E-state index >= 15 is 0 Å². The van der Waals surface area contributed by atoms with Gasteiger partial charge in [0.05, 0.1) is 17.6 Å². The van der Waals surface area contributed by atoms with Crippen molar-refractivity contribution in [2.24, 2.45) is 0 Å². The number of aromatic nitrogens is 2. The molecule has 3 aromatic rings. The van der Waals surface area contributed by atoms with Crippen LogP contribution < -0.4 is 4.87 Å². The summed E-state index contributed by atoms with van der Waals surface area (Å²) < 4.78 is 12.0. The van der Waals surface area contributed by atoms with Crippen LogP contribution in [-0.2, 0) is 11.3 Å². The largest absolute Gasteiger partial charge is 0.493 e. The Bertz CT molecular complexity index is 1080. The van der Waals surface area contributed by atoms with Gasteiger partial charge in [-0.3, -0.25) is 9.78 Å². The first-order chi connectivity index (χ1) is 14.0. The Morgan fingerprint density at radius 1 is 1.34 bits per heavy atom. The lowest BCUT2D eigenvalue weighted by Gasteiger charge is -2.24. The molecule has 1 unspecified atom stereocenters. The second-order valence-electron chi connectivity index (χ2n) is 7.45. The molecule has 6 nitrogen and oxygen atoms in total. The van der Waals surface area contributed by atoms with Crippen LogP contribution in [-0.4, -0.2) is 21.2 Å². The number of rotatable bonds is 5. The van der Waals surface area contributed by atoms with Crippen molar-refractivity contribution in [1.82, 2.24) is 9.97 Å². The Labute approximate surface area is 172 Å². The van der Waals surface area contributed by atoms with Crippen LogP contribution in [0.2, 0.25) is 0 Å². The molecule has 2 aromatic heterocycles. The molecule has 1 atom stereocenters. The number of aryl methyl sites for hydroxylation is 2. The van der Waals surface area contributed by atoms with Gasteiger partial charge in [0.2, 0.25) is 11.8 Å². The maximum atomic E-state index is 11.4. The van der Waals surface area contributed by atoms with E-state index in [2.05, 4.69) is 16.9 Å². The van der Waals surface area contributed by atoms with E-state index in [-0.39, 0.29) is 16.9 Å². The molecule has 4 rings (SSSR count). The number of H-pyrrole nitrogens is 1. The molecular weight excluding hydrogens is 388 g/mol. The van der Waals surface area contributed by atoms with Crippen LogP contribution in [0.25, 0.3) is 17.5 Å². The molecule has 29 heavy (non-hydrogen) atoms. The Morgan fingerprint density at radius 3 is 2.86 bits per heavy atom. The molecule has 2 heterocycles. The molecule has 1 aliphatic carbocycles. The smallest absolute Gasteiger partial charge is 0.307 e. The molecule has 1 aromatic carbocycles. The number of hydrogen-bond donors (Lipinski definition) is 2. The Balaban J connectivity index is 1.40. The number of aromatic amines is 1. The summed E-state index contributed by atoms with van der Waals surface area (Å²) in [6.07, 6.45) is 5.73.